The van der Waals surface area contributed by atoms with Crippen LogP contribution in [0.2, 0.25) is 0 Å². The SMILES string of the molecule is COc1cccc2c(=O)n(CC[C@@H]3CCCCN3C(C)C)cnc12. The first-order valence-corrected chi connectivity index (χ1v) is 8.89. The van der Waals surface area contributed by atoms with Gasteiger partial charge >= 0.3 is 0 Å². The number of aromatic nitrogens is 2. The largest absolute Gasteiger partial charge is 0.494 e. The predicted molar refractivity (Wildman–Crippen MR) is 96.7 cm³/mol. The van der Waals surface area contributed by atoms with Crippen molar-refractivity contribution < 1.29 is 4.74 Å². The number of rotatable bonds is 5. The Labute approximate surface area is 143 Å². The molecule has 1 aliphatic rings. The number of hydrogen-bond donors (Lipinski definition) is 0. The fourth-order valence-corrected chi connectivity index (χ4v) is 3.79. The van der Waals surface area contributed by atoms with Crippen molar-refractivity contribution in [1.29, 1.82) is 0 Å². The van der Waals surface area contributed by atoms with Gasteiger partial charge in [0.1, 0.15) is 11.3 Å². The molecule has 130 valence electrons. The van der Waals surface area contributed by atoms with Gasteiger partial charge in [0.2, 0.25) is 0 Å². The normalized spacial score (nSPS) is 19.1. The molecule has 0 bridgehead atoms. The molecule has 1 saturated heterocycles. The van der Waals surface area contributed by atoms with Crippen molar-refractivity contribution in [2.45, 2.75) is 58.2 Å². The van der Waals surface area contributed by atoms with E-state index in [9.17, 15) is 4.79 Å². The number of ether oxygens (including phenoxy) is 1. The molecule has 1 atom stereocenters. The minimum absolute atomic E-state index is 0.0193. The highest BCUT2D eigenvalue weighted by atomic mass is 16.5. The molecular weight excluding hydrogens is 302 g/mol. The fraction of sp³-hybridized carbons (Fsp3) is 0.579. The first kappa shape index (κ1) is 17.0. The summed E-state index contributed by atoms with van der Waals surface area (Å²) < 4.78 is 7.05. The van der Waals surface area contributed by atoms with Crippen LogP contribution in [0, 0.1) is 0 Å². The molecule has 1 fully saturated rings. The Balaban J connectivity index is 1.80. The number of benzene rings is 1. The van der Waals surface area contributed by atoms with Crippen LogP contribution >= 0.6 is 0 Å². The lowest BCUT2D eigenvalue weighted by molar-refractivity contribution is 0.102. The second-order valence-electron chi connectivity index (χ2n) is 6.87. The summed E-state index contributed by atoms with van der Waals surface area (Å²) >= 11 is 0. The quantitative estimate of drug-likeness (QED) is 0.846. The van der Waals surface area contributed by atoms with Gasteiger partial charge in [-0.2, -0.15) is 0 Å². The summed E-state index contributed by atoms with van der Waals surface area (Å²) in [5.41, 5.74) is 0.661. The third-order valence-electron chi connectivity index (χ3n) is 5.08. The molecule has 0 amide bonds. The van der Waals surface area contributed by atoms with Gasteiger partial charge in [-0.25, -0.2) is 4.98 Å². The Hall–Kier alpha value is -1.88. The molecule has 1 aromatic carbocycles. The molecule has 2 heterocycles. The van der Waals surface area contributed by atoms with E-state index in [1.54, 1.807) is 18.0 Å². The number of fused-ring (bicyclic) bond motifs is 1. The number of piperidine rings is 1. The molecule has 1 aliphatic heterocycles. The summed E-state index contributed by atoms with van der Waals surface area (Å²) in [4.78, 5) is 19.8. The van der Waals surface area contributed by atoms with Gasteiger partial charge in [0, 0.05) is 18.6 Å². The third-order valence-corrected chi connectivity index (χ3v) is 5.08. The van der Waals surface area contributed by atoms with E-state index in [-0.39, 0.29) is 5.56 Å². The predicted octanol–water partition coefficient (Wildman–Crippen LogP) is 3.06. The van der Waals surface area contributed by atoms with Crippen LogP contribution in [-0.4, -0.2) is 40.2 Å². The highest BCUT2D eigenvalue weighted by Gasteiger charge is 2.24. The fourth-order valence-electron chi connectivity index (χ4n) is 3.79. The van der Waals surface area contributed by atoms with Crippen molar-refractivity contribution >= 4 is 10.9 Å². The van der Waals surface area contributed by atoms with Crippen molar-refractivity contribution in [3.63, 3.8) is 0 Å². The van der Waals surface area contributed by atoms with E-state index in [4.69, 9.17) is 4.74 Å². The third kappa shape index (κ3) is 3.31. The first-order valence-electron chi connectivity index (χ1n) is 8.89. The molecule has 5 nitrogen and oxygen atoms in total. The van der Waals surface area contributed by atoms with Crippen LogP contribution in [0.5, 0.6) is 5.75 Å². The number of hydrogen-bond acceptors (Lipinski definition) is 4. The van der Waals surface area contributed by atoms with Gasteiger partial charge < -0.3 is 4.74 Å². The van der Waals surface area contributed by atoms with Crippen LogP contribution in [0.1, 0.15) is 39.5 Å². The average molecular weight is 329 g/mol. The number of aryl methyl sites for hydroxylation is 1. The van der Waals surface area contributed by atoms with Crippen LogP contribution in [0.3, 0.4) is 0 Å². The van der Waals surface area contributed by atoms with Gasteiger partial charge in [-0.3, -0.25) is 14.3 Å². The zero-order valence-electron chi connectivity index (χ0n) is 14.9. The molecule has 0 saturated carbocycles. The van der Waals surface area contributed by atoms with Crippen molar-refractivity contribution in [1.82, 2.24) is 14.5 Å². The van der Waals surface area contributed by atoms with Gasteiger partial charge in [0.15, 0.2) is 0 Å². The van der Waals surface area contributed by atoms with E-state index >= 15 is 0 Å². The summed E-state index contributed by atoms with van der Waals surface area (Å²) in [5, 5.41) is 0.626. The van der Waals surface area contributed by atoms with Crippen LogP contribution in [0.25, 0.3) is 10.9 Å². The second-order valence-corrected chi connectivity index (χ2v) is 6.87. The highest BCUT2D eigenvalue weighted by molar-refractivity contribution is 5.83. The zero-order valence-corrected chi connectivity index (χ0v) is 14.9. The second kappa shape index (κ2) is 7.34. The van der Waals surface area contributed by atoms with E-state index in [2.05, 4.69) is 23.7 Å². The molecule has 5 heteroatoms. The molecule has 24 heavy (non-hydrogen) atoms. The van der Waals surface area contributed by atoms with E-state index < -0.39 is 0 Å². The number of nitrogens with zero attached hydrogens (tertiary/aromatic N) is 3. The summed E-state index contributed by atoms with van der Waals surface area (Å²) in [6.07, 6.45) is 6.45. The Kier molecular flexibility index (Phi) is 5.19. The lowest BCUT2D eigenvalue weighted by Gasteiger charge is -2.38. The highest BCUT2D eigenvalue weighted by Crippen LogP contribution is 2.23. The van der Waals surface area contributed by atoms with Gasteiger partial charge in [-0.05, 0) is 51.8 Å². The van der Waals surface area contributed by atoms with Crippen molar-refractivity contribution in [2.24, 2.45) is 0 Å². The van der Waals surface area contributed by atoms with Crippen LogP contribution in [-0.2, 0) is 6.54 Å². The van der Waals surface area contributed by atoms with E-state index in [0.29, 0.717) is 35.3 Å². The Morgan fingerprint density at radius 1 is 1.33 bits per heavy atom. The summed E-state index contributed by atoms with van der Waals surface area (Å²) in [5.74, 6) is 0.648. The summed E-state index contributed by atoms with van der Waals surface area (Å²) in [6.45, 7) is 6.40. The monoisotopic (exact) mass is 329 g/mol. The van der Waals surface area contributed by atoms with Gasteiger partial charge in [0.05, 0.1) is 18.8 Å². The topological polar surface area (TPSA) is 47.4 Å². The molecule has 0 aliphatic carbocycles. The summed E-state index contributed by atoms with van der Waals surface area (Å²) in [7, 11) is 1.60. The lowest BCUT2D eigenvalue weighted by atomic mass is 9.97. The van der Waals surface area contributed by atoms with E-state index in [0.717, 1.165) is 6.42 Å². The molecule has 0 N–H and O–H groups in total. The molecule has 0 unspecified atom stereocenters. The van der Waals surface area contributed by atoms with E-state index in [1.807, 2.05) is 18.2 Å². The van der Waals surface area contributed by atoms with E-state index in [1.165, 1.54) is 25.8 Å². The molecule has 0 radical (unpaired) electrons. The van der Waals surface area contributed by atoms with Gasteiger partial charge in [-0.15, -0.1) is 0 Å². The Bertz CT molecular complexity index is 754. The zero-order chi connectivity index (χ0) is 17.1. The summed E-state index contributed by atoms with van der Waals surface area (Å²) in [6, 6.07) is 6.63. The maximum Gasteiger partial charge on any atom is 0.261 e. The molecule has 2 aromatic rings. The van der Waals surface area contributed by atoms with Crippen LogP contribution in [0.4, 0.5) is 0 Å². The lowest BCUT2D eigenvalue weighted by Crippen LogP contribution is -2.44. The molecule has 3 rings (SSSR count). The number of para-hydroxylation sites is 1. The standard InChI is InChI=1S/C19H27N3O2/c1-14(2)22-11-5-4-7-15(22)10-12-21-13-20-18-16(19(21)23)8-6-9-17(18)24-3/h6,8-9,13-15H,4-5,7,10-12H2,1-3H3/t15-/m0/s1. The molecular formula is C19H27N3O2. The minimum Gasteiger partial charge on any atom is -0.494 e. The van der Waals surface area contributed by atoms with Gasteiger partial charge in [-0.1, -0.05) is 12.5 Å². The average Bonchev–Trinajstić information content (AvgIpc) is 2.61. The van der Waals surface area contributed by atoms with Crippen molar-refractivity contribution in [3.8, 4) is 5.75 Å². The van der Waals surface area contributed by atoms with Crippen LogP contribution in [0.15, 0.2) is 29.3 Å². The molecule has 0 spiro atoms. The smallest absolute Gasteiger partial charge is 0.261 e. The maximum atomic E-state index is 12.7. The molecule has 1 aromatic heterocycles. The maximum absolute atomic E-state index is 12.7. The number of methoxy groups -OCH3 is 1. The first-order chi connectivity index (χ1) is 11.6. The Morgan fingerprint density at radius 3 is 2.92 bits per heavy atom. The van der Waals surface area contributed by atoms with Crippen molar-refractivity contribution in [3.05, 3.63) is 34.9 Å². The Morgan fingerprint density at radius 2 is 2.17 bits per heavy atom. The van der Waals surface area contributed by atoms with Gasteiger partial charge in [0.25, 0.3) is 5.56 Å². The minimum atomic E-state index is 0.0193. The van der Waals surface area contributed by atoms with Crippen LogP contribution < -0.4 is 10.3 Å². The van der Waals surface area contributed by atoms with Crippen molar-refractivity contribution in [2.75, 3.05) is 13.7 Å². The number of likely N-dealkylation sites (tertiary alicyclic amines) is 1.